The summed E-state index contributed by atoms with van der Waals surface area (Å²) < 4.78 is 0. The van der Waals surface area contributed by atoms with Crippen molar-refractivity contribution in [3.8, 4) is 0 Å². The Labute approximate surface area is 123 Å². The van der Waals surface area contributed by atoms with Crippen molar-refractivity contribution in [3.63, 3.8) is 0 Å². The van der Waals surface area contributed by atoms with E-state index in [9.17, 15) is 4.79 Å². The third-order valence-electron chi connectivity index (χ3n) is 3.85. The molecule has 1 aromatic heterocycles. The second-order valence-corrected chi connectivity index (χ2v) is 5.27. The molecule has 0 spiro atoms. The predicted octanol–water partition coefficient (Wildman–Crippen LogP) is 3.11. The SMILES string of the molecule is Cc1nc(Nc2cccc3c2CCCC3)ncc1C(=O)O. The molecule has 0 amide bonds. The number of benzene rings is 1. The molecule has 0 unspecified atom stereocenters. The van der Waals surface area contributed by atoms with E-state index < -0.39 is 5.97 Å². The largest absolute Gasteiger partial charge is 0.478 e. The zero-order chi connectivity index (χ0) is 14.8. The number of fused-ring (bicyclic) bond motifs is 1. The molecule has 1 aromatic carbocycles. The number of hydrogen-bond acceptors (Lipinski definition) is 4. The topological polar surface area (TPSA) is 75.1 Å². The predicted molar refractivity (Wildman–Crippen MR) is 80.1 cm³/mol. The van der Waals surface area contributed by atoms with Gasteiger partial charge in [-0.3, -0.25) is 0 Å². The van der Waals surface area contributed by atoms with Gasteiger partial charge in [-0.25, -0.2) is 14.8 Å². The van der Waals surface area contributed by atoms with Crippen molar-refractivity contribution < 1.29 is 9.90 Å². The first-order valence-corrected chi connectivity index (χ1v) is 7.10. The van der Waals surface area contributed by atoms with Crippen molar-refractivity contribution in [2.75, 3.05) is 5.32 Å². The van der Waals surface area contributed by atoms with E-state index in [4.69, 9.17) is 5.11 Å². The molecule has 0 radical (unpaired) electrons. The molecule has 0 saturated heterocycles. The van der Waals surface area contributed by atoms with E-state index in [1.807, 2.05) is 12.1 Å². The summed E-state index contributed by atoms with van der Waals surface area (Å²) in [5.41, 5.74) is 4.33. The standard InChI is InChI=1S/C16H17N3O2/c1-10-13(15(20)21)9-17-16(18-10)19-14-8-4-6-11-5-2-3-7-12(11)14/h4,6,8-9H,2-3,5,7H2,1H3,(H,20,21)(H,17,18,19). The number of carbonyl (C=O) groups is 1. The molecule has 5 nitrogen and oxygen atoms in total. The minimum atomic E-state index is -1.00. The van der Waals surface area contributed by atoms with Crippen LogP contribution in [0.1, 0.15) is 40.0 Å². The van der Waals surface area contributed by atoms with Crippen molar-refractivity contribution in [2.24, 2.45) is 0 Å². The summed E-state index contributed by atoms with van der Waals surface area (Å²) in [6.45, 7) is 1.68. The Hall–Kier alpha value is -2.43. The lowest BCUT2D eigenvalue weighted by Crippen LogP contribution is -2.09. The molecular formula is C16H17N3O2. The van der Waals surface area contributed by atoms with Gasteiger partial charge in [0.05, 0.1) is 11.3 Å². The number of anilines is 2. The van der Waals surface area contributed by atoms with Crippen LogP contribution in [0, 0.1) is 6.92 Å². The van der Waals surface area contributed by atoms with Crippen LogP contribution >= 0.6 is 0 Å². The van der Waals surface area contributed by atoms with Crippen LogP contribution in [0.2, 0.25) is 0 Å². The lowest BCUT2D eigenvalue weighted by molar-refractivity contribution is 0.0695. The van der Waals surface area contributed by atoms with Gasteiger partial charge in [0, 0.05) is 11.9 Å². The highest BCUT2D eigenvalue weighted by Gasteiger charge is 2.14. The fraction of sp³-hybridized carbons (Fsp3) is 0.312. The van der Waals surface area contributed by atoms with Gasteiger partial charge in [0.25, 0.3) is 0 Å². The maximum Gasteiger partial charge on any atom is 0.339 e. The molecular weight excluding hydrogens is 266 g/mol. The summed E-state index contributed by atoms with van der Waals surface area (Å²) in [5.74, 6) is -0.562. The zero-order valence-electron chi connectivity index (χ0n) is 11.9. The van der Waals surface area contributed by atoms with E-state index in [0.29, 0.717) is 11.6 Å². The van der Waals surface area contributed by atoms with Gasteiger partial charge in [-0.1, -0.05) is 12.1 Å². The van der Waals surface area contributed by atoms with E-state index in [2.05, 4.69) is 21.4 Å². The molecule has 0 bridgehead atoms. The van der Waals surface area contributed by atoms with Crippen molar-refractivity contribution in [2.45, 2.75) is 32.6 Å². The molecule has 21 heavy (non-hydrogen) atoms. The van der Waals surface area contributed by atoms with Crippen molar-refractivity contribution >= 4 is 17.6 Å². The zero-order valence-corrected chi connectivity index (χ0v) is 11.9. The molecule has 108 valence electrons. The third kappa shape index (κ3) is 2.72. The Balaban J connectivity index is 1.91. The van der Waals surface area contributed by atoms with Gasteiger partial charge >= 0.3 is 5.97 Å². The Bertz CT molecular complexity index is 698. The number of nitrogens with one attached hydrogen (secondary N) is 1. The first kappa shape index (κ1) is 13.5. The highest BCUT2D eigenvalue weighted by Crippen LogP contribution is 2.29. The number of rotatable bonds is 3. The number of aromatic carboxylic acids is 1. The number of nitrogens with zero attached hydrogens (tertiary/aromatic N) is 2. The maximum atomic E-state index is 11.0. The van der Waals surface area contributed by atoms with E-state index in [-0.39, 0.29) is 5.56 Å². The minimum Gasteiger partial charge on any atom is -0.478 e. The van der Waals surface area contributed by atoms with E-state index in [0.717, 1.165) is 18.5 Å². The third-order valence-corrected chi connectivity index (χ3v) is 3.85. The minimum absolute atomic E-state index is 0.135. The first-order chi connectivity index (χ1) is 10.1. The molecule has 0 atom stereocenters. The molecule has 1 heterocycles. The molecule has 1 aliphatic rings. The number of carboxylic acid groups (broad SMARTS) is 1. The van der Waals surface area contributed by atoms with Crippen LogP contribution in [-0.2, 0) is 12.8 Å². The second-order valence-electron chi connectivity index (χ2n) is 5.27. The first-order valence-electron chi connectivity index (χ1n) is 7.10. The number of hydrogen-bond donors (Lipinski definition) is 2. The van der Waals surface area contributed by atoms with E-state index in [1.165, 1.54) is 30.2 Å². The molecule has 0 saturated carbocycles. The Morgan fingerprint density at radius 3 is 2.86 bits per heavy atom. The normalized spacial score (nSPS) is 13.6. The molecule has 2 aromatic rings. The maximum absolute atomic E-state index is 11.0. The van der Waals surface area contributed by atoms with Crippen molar-refractivity contribution in [1.82, 2.24) is 9.97 Å². The molecule has 3 rings (SSSR count). The Morgan fingerprint density at radius 2 is 2.10 bits per heavy atom. The van der Waals surface area contributed by atoms with Crippen LogP contribution in [0.15, 0.2) is 24.4 Å². The van der Waals surface area contributed by atoms with Gasteiger partial charge in [-0.05, 0) is 49.8 Å². The average Bonchev–Trinajstić information content (AvgIpc) is 2.47. The smallest absolute Gasteiger partial charge is 0.339 e. The molecule has 2 N–H and O–H groups in total. The molecule has 0 fully saturated rings. The number of aromatic nitrogens is 2. The second kappa shape index (κ2) is 5.52. The van der Waals surface area contributed by atoms with Gasteiger partial charge in [-0.2, -0.15) is 0 Å². The molecule has 5 heteroatoms. The van der Waals surface area contributed by atoms with Gasteiger partial charge in [0.1, 0.15) is 0 Å². The van der Waals surface area contributed by atoms with Gasteiger partial charge in [-0.15, -0.1) is 0 Å². The lowest BCUT2D eigenvalue weighted by atomic mass is 9.90. The van der Waals surface area contributed by atoms with Crippen molar-refractivity contribution in [1.29, 1.82) is 0 Å². The fourth-order valence-corrected chi connectivity index (χ4v) is 2.76. The Kier molecular flexibility index (Phi) is 3.56. The van der Waals surface area contributed by atoms with Gasteiger partial charge in [0.2, 0.25) is 5.95 Å². The van der Waals surface area contributed by atoms with Crippen LogP contribution in [-0.4, -0.2) is 21.0 Å². The highest BCUT2D eigenvalue weighted by atomic mass is 16.4. The van der Waals surface area contributed by atoms with Gasteiger partial charge in [0.15, 0.2) is 0 Å². The van der Waals surface area contributed by atoms with Crippen LogP contribution < -0.4 is 5.32 Å². The summed E-state index contributed by atoms with van der Waals surface area (Å²) in [7, 11) is 0. The van der Waals surface area contributed by atoms with Crippen LogP contribution in [0.5, 0.6) is 0 Å². The molecule has 1 aliphatic carbocycles. The fourth-order valence-electron chi connectivity index (χ4n) is 2.76. The average molecular weight is 283 g/mol. The van der Waals surface area contributed by atoms with Crippen LogP contribution in [0.25, 0.3) is 0 Å². The van der Waals surface area contributed by atoms with Crippen LogP contribution in [0.4, 0.5) is 11.6 Å². The Morgan fingerprint density at radius 1 is 1.29 bits per heavy atom. The van der Waals surface area contributed by atoms with Crippen LogP contribution in [0.3, 0.4) is 0 Å². The van der Waals surface area contributed by atoms with E-state index in [1.54, 1.807) is 6.92 Å². The summed E-state index contributed by atoms with van der Waals surface area (Å²) in [4.78, 5) is 19.3. The highest BCUT2D eigenvalue weighted by molar-refractivity contribution is 5.88. The number of aryl methyl sites for hydroxylation is 2. The van der Waals surface area contributed by atoms with E-state index >= 15 is 0 Å². The summed E-state index contributed by atoms with van der Waals surface area (Å²) >= 11 is 0. The summed E-state index contributed by atoms with van der Waals surface area (Å²) in [6, 6.07) is 6.22. The lowest BCUT2D eigenvalue weighted by Gasteiger charge is -2.19. The quantitative estimate of drug-likeness (QED) is 0.905. The van der Waals surface area contributed by atoms with Crippen molar-refractivity contribution in [3.05, 3.63) is 46.8 Å². The number of carboxylic acids is 1. The molecule has 0 aliphatic heterocycles. The summed E-state index contributed by atoms with van der Waals surface area (Å²) in [5, 5.41) is 12.2. The summed E-state index contributed by atoms with van der Waals surface area (Å²) in [6.07, 6.45) is 5.96. The monoisotopic (exact) mass is 283 g/mol. The van der Waals surface area contributed by atoms with Gasteiger partial charge < -0.3 is 10.4 Å².